The zero-order valence-corrected chi connectivity index (χ0v) is 27.2. The molecule has 0 saturated carbocycles. The molecule has 48 heavy (non-hydrogen) atoms. The number of nitrogens with one attached hydrogen (secondary N) is 3. The molecule has 0 bridgehead atoms. The molecule has 1 unspecified atom stereocenters. The molecule has 12 nitrogen and oxygen atoms in total. The molecule has 1 aromatic carbocycles. The number of anilines is 1. The fourth-order valence-electron chi connectivity index (χ4n) is 6.18. The van der Waals surface area contributed by atoms with E-state index in [9.17, 15) is 14.0 Å². The number of morpholine rings is 1. The number of aromatic nitrogens is 1. The predicted molar refractivity (Wildman–Crippen MR) is 183 cm³/mol. The molecule has 1 aromatic heterocycles. The monoisotopic (exact) mass is 657 g/mol. The third-order valence-corrected chi connectivity index (χ3v) is 8.99. The number of halogens is 1. The van der Waals surface area contributed by atoms with Crippen molar-refractivity contribution in [2.75, 3.05) is 64.3 Å². The Morgan fingerprint density at radius 3 is 2.46 bits per heavy atom. The van der Waals surface area contributed by atoms with Crippen LogP contribution in [0.5, 0.6) is 0 Å². The molecule has 5 aliphatic heterocycles. The van der Waals surface area contributed by atoms with Crippen molar-refractivity contribution in [1.29, 1.82) is 0 Å². The Bertz CT molecular complexity index is 1570. The van der Waals surface area contributed by atoms with E-state index in [1.165, 1.54) is 25.3 Å². The minimum atomic E-state index is -0.981. The number of nitrogens with two attached hydrogens (primary N) is 1. The van der Waals surface area contributed by atoms with Crippen LogP contribution in [0, 0.1) is 0 Å². The molecule has 2 amide bonds. The maximum atomic E-state index is 12.9. The third-order valence-electron chi connectivity index (χ3n) is 8.99. The van der Waals surface area contributed by atoms with Crippen LogP contribution in [0.4, 0.5) is 10.1 Å². The van der Waals surface area contributed by atoms with Crippen LogP contribution < -0.4 is 21.7 Å². The van der Waals surface area contributed by atoms with Gasteiger partial charge in [0.2, 0.25) is 0 Å². The Morgan fingerprint density at radius 1 is 1.00 bits per heavy atom. The maximum Gasteiger partial charge on any atom is 0.277 e. The smallest absolute Gasteiger partial charge is 0.277 e. The fraction of sp³-hybridized carbons (Fsp3) is 0.429. The molecule has 3 fully saturated rings. The van der Waals surface area contributed by atoms with Crippen LogP contribution in [0.25, 0.3) is 5.70 Å². The van der Waals surface area contributed by atoms with Gasteiger partial charge in [-0.2, -0.15) is 0 Å². The third kappa shape index (κ3) is 8.65. The molecule has 2 aromatic rings. The van der Waals surface area contributed by atoms with Crippen molar-refractivity contribution in [3.05, 3.63) is 88.8 Å². The quantitative estimate of drug-likeness (QED) is 0.300. The summed E-state index contributed by atoms with van der Waals surface area (Å²) in [6, 6.07) is 11.8. The van der Waals surface area contributed by atoms with E-state index in [-0.39, 0.29) is 12.1 Å². The van der Waals surface area contributed by atoms with Gasteiger partial charge in [0.05, 0.1) is 19.6 Å². The molecule has 254 valence electrons. The Balaban J connectivity index is 0.000000312. The van der Waals surface area contributed by atoms with Gasteiger partial charge in [-0.3, -0.25) is 24.4 Å². The first-order valence-corrected chi connectivity index (χ1v) is 16.7. The van der Waals surface area contributed by atoms with E-state index in [0.29, 0.717) is 12.2 Å². The summed E-state index contributed by atoms with van der Waals surface area (Å²) in [6.45, 7) is 8.77. The van der Waals surface area contributed by atoms with E-state index in [2.05, 4.69) is 47.5 Å². The standard InChI is InChI=1S/C28H33N7O2.C7H11FN2O/c36-28(25-16-20(8-9-29-25)18-34-10-2-1-3-11-34)32-22-6-4-21(5-7-22)24-17-23-26(33-24)30-19-31-27(23)35-12-14-37-15-13-35;8-6(7(9)11)2-5-10-3-1-4-10/h4-9,16-17,19,26,33H,1-3,10-15,18H2,(H,30,31)(H,32,36);2H,1,3-5H2,(H2,9,11)/b;6-2-. The lowest BCUT2D eigenvalue weighted by atomic mass is 10.1. The highest BCUT2D eigenvalue weighted by atomic mass is 19.1. The second kappa shape index (κ2) is 16.0. The molecular formula is C35H44FN9O3. The van der Waals surface area contributed by atoms with Crippen molar-refractivity contribution in [3.8, 4) is 0 Å². The zero-order chi connectivity index (χ0) is 33.3. The highest BCUT2D eigenvalue weighted by Crippen LogP contribution is 2.29. The lowest BCUT2D eigenvalue weighted by Gasteiger charge is -2.33. The first-order valence-electron chi connectivity index (χ1n) is 16.7. The van der Waals surface area contributed by atoms with Gasteiger partial charge in [-0.1, -0.05) is 18.6 Å². The summed E-state index contributed by atoms with van der Waals surface area (Å²) >= 11 is 0. The van der Waals surface area contributed by atoms with E-state index >= 15 is 0 Å². The zero-order valence-electron chi connectivity index (χ0n) is 27.2. The van der Waals surface area contributed by atoms with Crippen molar-refractivity contribution in [2.45, 2.75) is 38.4 Å². The lowest BCUT2D eigenvalue weighted by molar-refractivity contribution is -0.115. The van der Waals surface area contributed by atoms with Gasteiger partial charge < -0.3 is 31.3 Å². The average molecular weight is 658 g/mol. The largest absolute Gasteiger partial charge is 0.378 e. The first-order chi connectivity index (χ1) is 23.4. The molecular weight excluding hydrogens is 613 g/mol. The van der Waals surface area contributed by atoms with Gasteiger partial charge in [-0.05, 0) is 93.0 Å². The number of benzene rings is 1. The summed E-state index contributed by atoms with van der Waals surface area (Å²) in [7, 11) is 0. The maximum absolute atomic E-state index is 12.9. The van der Waals surface area contributed by atoms with Crippen molar-refractivity contribution >= 4 is 29.5 Å². The number of carbonyl (C=O) groups excluding carboxylic acids is 2. The van der Waals surface area contributed by atoms with Gasteiger partial charge in [0, 0.05) is 49.3 Å². The van der Waals surface area contributed by atoms with Gasteiger partial charge in [-0.15, -0.1) is 0 Å². The van der Waals surface area contributed by atoms with Gasteiger partial charge in [0.25, 0.3) is 11.8 Å². The molecule has 5 aliphatic rings. The number of amides is 2. The molecule has 5 N–H and O–H groups in total. The molecule has 0 aliphatic carbocycles. The van der Waals surface area contributed by atoms with E-state index in [4.69, 9.17) is 4.74 Å². The molecule has 0 radical (unpaired) electrons. The summed E-state index contributed by atoms with van der Waals surface area (Å²) in [6.07, 6.45) is 11.7. The highest BCUT2D eigenvalue weighted by molar-refractivity contribution is 6.03. The number of likely N-dealkylation sites (tertiary alicyclic amines) is 2. The van der Waals surface area contributed by atoms with Crippen LogP contribution in [0.15, 0.2) is 77.0 Å². The van der Waals surface area contributed by atoms with E-state index in [1.54, 1.807) is 12.5 Å². The summed E-state index contributed by atoms with van der Waals surface area (Å²) in [5.41, 5.74) is 10.2. The second-order valence-electron chi connectivity index (χ2n) is 12.4. The summed E-state index contributed by atoms with van der Waals surface area (Å²) < 4.78 is 17.9. The summed E-state index contributed by atoms with van der Waals surface area (Å²) in [4.78, 5) is 38.7. The number of hydrogen-bond acceptors (Lipinski definition) is 10. The van der Waals surface area contributed by atoms with Crippen LogP contribution >= 0.6 is 0 Å². The number of nitrogens with zero attached hydrogens (tertiary/aromatic N) is 5. The summed E-state index contributed by atoms with van der Waals surface area (Å²) in [5.74, 6) is -0.926. The Hall–Kier alpha value is -4.59. The van der Waals surface area contributed by atoms with Crippen LogP contribution in [-0.4, -0.2) is 103 Å². The summed E-state index contributed by atoms with van der Waals surface area (Å²) in [5, 5.41) is 9.82. The molecule has 7 rings (SSSR count). The van der Waals surface area contributed by atoms with Crippen molar-refractivity contribution in [1.82, 2.24) is 30.3 Å². The molecule has 13 heteroatoms. The Morgan fingerprint density at radius 2 is 1.75 bits per heavy atom. The predicted octanol–water partition coefficient (Wildman–Crippen LogP) is 2.80. The van der Waals surface area contributed by atoms with Crippen LogP contribution in [-0.2, 0) is 16.1 Å². The van der Waals surface area contributed by atoms with Crippen molar-refractivity contribution in [3.63, 3.8) is 0 Å². The molecule has 0 spiro atoms. The van der Waals surface area contributed by atoms with E-state index in [0.717, 1.165) is 99.4 Å². The van der Waals surface area contributed by atoms with E-state index < -0.39 is 11.7 Å². The number of primary amides is 1. The normalized spacial score (nSPS) is 21.2. The number of pyridine rings is 1. The number of ether oxygens (including phenoxy) is 1. The van der Waals surface area contributed by atoms with Crippen molar-refractivity contribution in [2.24, 2.45) is 10.7 Å². The number of hydrogen-bond donors (Lipinski definition) is 4. The SMILES string of the molecule is NC(=O)/C(F)=C/CN1CCC1.O=C(Nc1ccc(C2=CC3=C(N4CCOCC4)NC=NC3N2)cc1)c1cc(CN2CCCCC2)ccn1. The van der Waals surface area contributed by atoms with Crippen LogP contribution in [0.1, 0.15) is 47.3 Å². The minimum absolute atomic E-state index is 0.100. The minimum Gasteiger partial charge on any atom is -0.378 e. The van der Waals surface area contributed by atoms with Gasteiger partial charge in [0.1, 0.15) is 17.7 Å². The molecule has 6 heterocycles. The van der Waals surface area contributed by atoms with Gasteiger partial charge in [0.15, 0.2) is 5.83 Å². The Labute approximate surface area is 280 Å². The first kappa shape index (κ1) is 33.3. The number of carbonyl (C=O) groups is 2. The number of rotatable bonds is 9. The fourth-order valence-corrected chi connectivity index (χ4v) is 6.18. The number of piperidine rings is 1. The Kier molecular flexibility index (Phi) is 11.1. The number of aliphatic imine (C=N–C) groups is 1. The van der Waals surface area contributed by atoms with Crippen LogP contribution in [0.2, 0.25) is 0 Å². The lowest BCUT2D eigenvalue weighted by Crippen LogP contribution is -2.43. The number of fused-ring (bicyclic) bond motifs is 1. The molecule has 1 atom stereocenters. The average Bonchev–Trinajstić information content (AvgIpc) is 3.54. The van der Waals surface area contributed by atoms with E-state index in [1.807, 2.05) is 41.3 Å². The highest BCUT2D eigenvalue weighted by Gasteiger charge is 2.29. The van der Waals surface area contributed by atoms with Crippen LogP contribution in [0.3, 0.4) is 0 Å². The van der Waals surface area contributed by atoms with Gasteiger partial charge in [-0.25, -0.2) is 9.38 Å². The van der Waals surface area contributed by atoms with Crippen molar-refractivity contribution < 1.29 is 18.7 Å². The molecule has 3 saturated heterocycles. The topological polar surface area (TPSA) is 140 Å². The van der Waals surface area contributed by atoms with Gasteiger partial charge >= 0.3 is 0 Å². The second-order valence-corrected chi connectivity index (χ2v) is 12.4.